The summed E-state index contributed by atoms with van der Waals surface area (Å²) >= 11 is 6.06. The number of pyridine rings is 3. The quantitative estimate of drug-likeness (QED) is 0.558. The molecule has 0 saturated carbocycles. The second-order valence-electron chi connectivity index (χ2n) is 6.12. The number of carbonyl (C=O) groups is 1. The van der Waals surface area contributed by atoms with Gasteiger partial charge in [0.1, 0.15) is 17.0 Å². The van der Waals surface area contributed by atoms with Gasteiger partial charge in [-0.1, -0.05) is 11.6 Å². The number of hydrogen-bond acceptors (Lipinski definition) is 5. The van der Waals surface area contributed by atoms with Crippen molar-refractivity contribution in [3.05, 3.63) is 88.1 Å². The number of benzene rings is 1. The molecule has 29 heavy (non-hydrogen) atoms. The maximum atomic E-state index is 12.9. The van der Waals surface area contributed by atoms with Crippen molar-refractivity contribution in [3.8, 4) is 11.4 Å². The number of nitrogens with zero attached hydrogens (tertiary/aromatic N) is 3. The highest BCUT2D eigenvalue weighted by molar-refractivity contribution is 6.33. The molecular weight excluding hydrogens is 392 g/mol. The predicted molar refractivity (Wildman–Crippen MR) is 111 cm³/mol. The summed E-state index contributed by atoms with van der Waals surface area (Å²) in [5.74, 6) is 0.119. The Morgan fingerprint density at radius 3 is 2.66 bits per heavy atom. The first kappa shape index (κ1) is 18.6. The third kappa shape index (κ3) is 3.55. The van der Waals surface area contributed by atoms with Crippen molar-refractivity contribution in [2.24, 2.45) is 0 Å². The number of hydrogen-bond donors (Lipinski definition) is 1. The lowest BCUT2D eigenvalue weighted by Crippen LogP contribution is -2.24. The fourth-order valence-corrected chi connectivity index (χ4v) is 3.09. The molecule has 0 aliphatic carbocycles. The largest absolute Gasteiger partial charge is 0.497 e. The molecule has 0 atom stereocenters. The van der Waals surface area contributed by atoms with Crippen LogP contribution in [-0.2, 0) is 0 Å². The summed E-state index contributed by atoms with van der Waals surface area (Å²) in [5, 5.41) is 3.27. The van der Waals surface area contributed by atoms with E-state index in [0.717, 1.165) is 5.69 Å². The zero-order chi connectivity index (χ0) is 20.4. The van der Waals surface area contributed by atoms with E-state index in [4.69, 9.17) is 16.3 Å². The molecule has 0 radical (unpaired) electrons. The van der Waals surface area contributed by atoms with Crippen molar-refractivity contribution in [2.45, 2.75) is 0 Å². The van der Waals surface area contributed by atoms with Crippen molar-refractivity contribution in [2.75, 3.05) is 12.4 Å². The molecule has 1 amide bonds. The normalized spacial score (nSPS) is 10.7. The summed E-state index contributed by atoms with van der Waals surface area (Å²) in [6, 6.07) is 12.1. The number of halogens is 1. The van der Waals surface area contributed by atoms with E-state index in [-0.39, 0.29) is 10.6 Å². The lowest BCUT2D eigenvalue weighted by molar-refractivity contribution is 0.102. The first-order valence-electron chi connectivity index (χ1n) is 8.64. The van der Waals surface area contributed by atoms with E-state index in [0.29, 0.717) is 22.5 Å². The molecule has 0 bridgehead atoms. The van der Waals surface area contributed by atoms with E-state index in [1.807, 2.05) is 12.1 Å². The standard InChI is InChI=1S/C21H15ClN4O3/c1-29-14-6-4-13(5-7-14)26-12-16(19(27)15-3-2-9-24-20(15)26)21(28)25-18-8-10-23-11-17(18)22/h2-12H,1H3,(H,23,25,28). The number of carbonyl (C=O) groups excluding carboxylic acids is 1. The van der Waals surface area contributed by atoms with Crippen molar-refractivity contribution in [3.63, 3.8) is 0 Å². The molecule has 3 heterocycles. The van der Waals surface area contributed by atoms with E-state index < -0.39 is 11.3 Å². The Labute approximate surface area is 170 Å². The van der Waals surface area contributed by atoms with E-state index in [1.165, 1.54) is 18.6 Å². The van der Waals surface area contributed by atoms with Gasteiger partial charge in [0.05, 0.1) is 23.2 Å². The smallest absolute Gasteiger partial charge is 0.261 e. The summed E-state index contributed by atoms with van der Waals surface area (Å²) < 4.78 is 6.89. The first-order chi connectivity index (χ1) is 14.1. The van der Waals surface area contributed by atoms with Gasteiger partial charge in [-0.15, -0.1) is 0 Å². The predicted octanol–water partition coefficient (Wildman–Crippen LogP) is 3.70. The number of ether oxygens (including phenoxy) is 1. The second kappa shape index (κ2) is 7.73. The molecule has 0 spiro atoms. The Morgan fingerprint density at radius 2 is 1.93 bits per heavy atom. The van der Waals surface area contributed by atoms with Crippen LogP contribution in [0.15, 0.2) is 72.0 Å². The van der Waals surface area contributed by atoms with Crippen molar-refractivity contribution >= 4 is 34.2 Å². The Morgan fingerprint density at radius 1 is 1.14 bits per heavy atom. The number of anilines is 1. The van der Waals surface area contributed by atoms with Gasteiger partial charge in [-0.3, -0.25) is 14.6 Å². The van der Waals surface area contributed by atoms with Crippen LogP contribution in [-0.4, -0.2) is 27.6 Å². The first-order valence-corrected chi connectivity index (χ1v) is 9.02. The van der Waals surface area contributed by atoms with Gasteiger partial charge in [-0.05, 0) is 42.5 Å². The Hall–Kier alpha value is -3.71. The highest BCUT2D eigenvalue weighted by atomic mass is 35.5. The molecule has 0 saturated heterocycles. The fourth-order valence-electron chi connectivity index (χ4n) is 2.93. The Bertz CT molecular complexity index is 1270. The average molecular weight is 407 g/mol. The minimum Gasteiger partial charge on any atom is -0.497 e. The van der Waals surface area contributed by atoms with Crippen LogP contribution >= 0.6 is 11.6 Å². The van der Waals surface area contributed by atoms with Crippen LogP contribution < -0.4 is 15.5 Å². The van der Waals surface area contributed by atoms with Gasteiger partial charge in [-0.2, -0.15) is 0 Å². The molecule has 3 aromatic heterocycles. The third-order valence-electron chi connectivity index (χ3n) is 4.38. The maximum Gasteiger partial charge on any atom is 0.261 e. The number of aromatic nitrogens is 3. The van der Waals surface area contributed by atoms with E-state index >= 15 is 0 Å². The van der Waals surface area contributed by atoms with Gasteiger partial charge in [-0.25, -0.2) is 4.98 Å². The minimum absolute atomic E-state index is 0.0332. The zero-order valence-electron chi connectivity index (χ0n) is 15.3. The van der Waals surface area contributed by atoms with E-state index in [1.54, 1.807) is 48.2 Å². The number of rotatable bonds is 4. The molecule has 0 aliphatic rings. The molecule has 7 nitrogen and oxygen atoms in total. The maximum absolute atomic E-state index is 12.9. The SMILES string of the molecule is COc1ccc(-n2cc(C(=O)Nc3ccncc3Cl)c(=O)c3cccnc32)cc1. The van der Waals surface area contributed by atoms with Crippen LogP contribution in [0.5, 0.6) is 5.75 Å². The van der Waals surface area contributed by atoms with Crippen molar-refractivity contribution in [1.82, 2.24) is 14.5 Å². The highest BCUT2D eigenvalue weighted by Gasteiger charge is 2.18. The van der Waals surface area contributed by atoms with Gasteiger partial charge in [0, 0.05) is 30.5 Å². The van der Waals surface area contributed by atoms with Gasteiger partial charge in [0.15, 0.2) is 0 Å². The zero-order valence-corrected chi connectivity index (χ0v) is 16.1. The van der Waals surface area contributed by atoms with Crippen LogP contribution in [0.3, 0.4) is 0 Å². The number of methoxy groups -OCH3 is 1. The molecule has 4 aromatic rings. The third-order valence-corrected chi connectivity index (χ3v) is 4.68. The topological polar surface area (TPSA) is 86.1 Å². The molecule has 4 rings (SSSR count). The van der Waals surface area contributed by atoms with Gasteiger partial charge < -0.3 is 14.6 Å². The summed E-state index contributed by atoms with van der Waals surface area (Å²) in [6.45, 7) is 0. The summed E-state index contributed by atoms with van der Waals surface area (Å²) in [5.41, 5.74) is 1.09. The van der Waals surface area contributed by atoms with Crippen LogP contribution in [0.2, 0.25) is 5.02 Å². The van der Waals surface area contributed by atoms with Gasteiger partial charge in [0.2, 0.25) is 5.43 Å². The van der Waals surface area contributed by atoms with Crippen molar-refractivity contribution < 1.29 is 9.53 Å². The van der Waals surface area contributed by atoms with E-state index in [2.05, 4.69) is 15.3 Å². The van der Waals surface area contributed by atoms with E-state index in [9.17, 15) is 9.59 Å². The van der Waals surface area contributed by atoms with Crippen molar-refractivity contribution in [1.29, 1.82) is 0 Å². The number of nitrogens with one attached hydrogen (secondary N) is 1. The lowest BCUT2D eigenvalue weighted by Gasteiger charge is -2.13. The summed E-state index contributed by atoms with van der Waals surface area (Å²) in [7, 11) is 1.58. The number of amides is 1. The fraction of sp³-hybridized carbons (Fsp3) is 0.0476. The molecule has 1 N–H and O–H groups in total. The highest BCUT2D eigenvalue weighted by Crippen LogP contribution is 2.22. The molecule has 0 aliphatic heterocycles. The summed E-state index contributed by atoms with van der Waals surface area (Å²) in [4.78, 5) is 34.0. The Kier molecular flexibility index (Phi) is 4.97. The molecule has 0 unspecified atom stereocenters. The monoisotopic (exact) mass is 406 g/mol. The molecule has 0 fully saturated rings. The molecule has 144 valence electrons. The van der Waals surface area contributed by atoms with Crippen LogP contribution in [0.1, 0.15) is 10.4 Å². The van der Waals surface area contributed by atoms with Gasteiger partial charge >= 0.3 is 0 Å². The second-order valence-corrected chi connectivity index (χ2v) is 6.53. The molecule has 1 aromatic carbocycles. The van der Waals surface area contributed by atoms with Crippen LogP contribution in [0.4, 0.5) is 5.69 Å². The molecular formula is C21H15ClN4O3. The minimum atomic E-state index is -0.573. The molecule has 8 heteroatoms. The van der Waals surface area contributed by atoms with Crippen LogP contribution in [0, 0.1) is 0 Å². The Balaban J connectivity index is 1.86. The number of fused-ring (bicyclic) bond motifs is 1. The lowest BCUT2D eigenvalue weighted by atomic mass is 10.1. The van der Waals surface area contributed by atoms with Crippen LogP contribution in [0.25, 0.3) is 16.7 Å². The van der Waals surface area contributed by atoms with Gasteiger partial charge in [0.25, 0.3) is 5.91 Å². The summed E-state index contributed by atoms with van der Waals surface area (Å²) in [6.07, 6.45) is 5.99. The average Bonchev–Trinajstić information content (AvgIpc) is 2.76.